The van der Waals surface area contributed by atoms with E-state index < -0.39 is 5.60 Å². The Morgan fingerprint density at radius 3 is 2.19 bits per heavy atom. The minimum absolute atomic E-state index is 0. The van der Waals surface area contributed by atoms with E-state index >= 15 is 0 Å². The van der Waals surface area contributed by atoms with Gasteiger partial charge in [-0.3, -0.25) is 14.7 Å². The van der Waals surface area contributed by atoms with Crippen LogP contribution in [-0.4, -0.2) is 96.2 Å². The zero-order valence-electron chi connectivity index (χ0n) is 16.1. The van der Waals surface area contributed by atoms with Crippen molar-refractivity contribution in [2.24, 2.45) is 4.99 Å². The van der Waals surface area contributed by atoms with Crippen LogP contribution in [-0.2, 0) is 4.79 Å². The van der Waals surface area contributed by atoms with Crippen LogP contribution in [0.5, 0.6) is 0 Å². The third-order valence-corrected chi connectivity index (χ3v) is 6.01. The molecule has 2 aliphatic heterocycles. The topological polar surface area (TPSA) is 71.4 Å². The van der Waals surface area contributed by atoms with Gasteiger partial charge in [0, 0.05) is 52.9 Å². The summed E-state index contributed by atoms with van der Waals surface area (Å²) in [5, 5.41) is 13.6. The summed E-state index contributed by atoms with van der Waals surface area (Å²) in [6, 6.07) is -0.0362. The van der Waals surface area contributed by atoms with E-state index in [1.165, 1.54) is 0 Å². The number of rotatable bonds is 4. The molecule has 3 rings (SSSR count). The Kier molecular flexibility index (Phi) is 7.96. The van der Waals surface area contributed by atoms with Crippen molar-refractivity contribution in [1.82, 2.24) is 20.0 Å². The number of aliphatic imine (C=N–C) groups is 1. The van der Waals surface area contributed by atoms with Crippen LogP contribution in [0, 0.1) is 0 Å². The first kappa shape index (κ1) is 21.7. The van der Waals surface area contributed by atoms with Crippen molar-refractivity contribution in [2.45, 2.75) is 50.7 Å². The van der Waals surface area contributed by atoms with Crippen molar-refractivity contribution < 1.29 is 9.90 Å². The highest BCUT2D eigenvalue weighted by Crippen LogP contribution is 2.30. The molecule has 1 amide bonds. The van der Waals surface area contributed by atoms with E-state index in [9.17, 15) is 9.90 Å². The fourth-order valence-corrected chi connectivity index (χ4v) is 4.02. The summed E-state index contributed by atoms with van der Waals surface area (Å²) in [5.74, 6) is 1.14. The van der Waals surface area contributed by atoms with Gasteiger partial charge in [0.15, 0.2) is 5.96 Å². The van der Waals surface area contributed by atoms with Gasteiger partial charge in [-0.2, -0.15) is 0 Å². The molecule has 1 saturated carbocycles. The molecule has 2 saturated heterocycles. The Hall–Kier alpha value is -0.610. The summed E-state index contributed by atoms with van der Waals surface area (Å²) in [6.45, 7) is 7.90. The highest BCUT2D eigenvalue weighted by Gasteiger charge is 2.35. The molecule has 0 aromatic rings. The molecule has 3 aliphatic rings. The van der Waals surface area contributed by atoms with E-state index in [4.69, 9.17) is 0 Å². The lowest BCUT2D eigenvalue weighted by atomic mass is 9.80. The van der Waals surface area contributed by atoms with Crippen LogP contribution in [0.3, 0.4) is 0 Å². The molecule has 2 N–H and O–H groups in total. The average molecular weight is 479 g/mol. The lowest BCUT2D eigenvalue weighted by molar-refractivity contribution is -0.135. The maximum Gasteiger partial charge on any atom is 0.239 e. The van der Waals surface area contributed by atoms with Gasteiger partial charge in [-0.05, 0) is 39.0 Å². The number of carbonyl (C=O) groups excluding carboxylic acids is 1. The average Bonchev–Trinajstić information content (AvgIpc) is 3.14. The smallest absolute Gasteiger partial charge is 0.239 e. The third-order valence-electron chi connectivity index (χ3n) is 6.01. The van der Waals surface area contributed by atoms with Crippen molar-refractivity contribution in [3.8, 4) is 0 Å². The van der Waals surface area contributed by atoms with Gasteiger partial charge in [-0.15, -0.1) is 24.0 Å². The summed E-state index contributed by atoms with van der Waals surface area (Å²) in [7, 11) is 1.79. The molecule has 3 fully saturated rings. The van der Waals surface area contributed by atoms with Gasteiger partial charge in [0.2, 0.25) is 5.91 Å². The molecule has 0 aromatic heterocycles. The first-order valence-electron chi connectivity index (χ1n) is 9.73. The Morgan fingerprint density at radius 2 is 1.69 bits per heavy atom. The highest BCUT2D eigenvalue weighted by molar-refractivity contribution is 14.0. The lowest BCUT2D eigenvalue weighted by Crippen LogP contribution is -2.58. The SMILES string of the molecule is CN=C(NCC1(O)CCC1)N1CCN(C(C)C(=O)N2CCCC2)CC1.I. The lowest BCUT2D eigenvalue weighted by Gasteiger charge is -2.41. The number of carbonyl (C=O) groups is 1. The molecule has 0 bridgehead atoms. The quantitative estimate of drug-likeness (QED) is 0.354. The molecule has 0 radical (unpaired) electrons. The maximum atomic E-state index is 12.6. The fourth-order valence-electron chi connectivity index (χ4n) is 4.02. The number of hydrogen-bond donors (Lipinski definition) is 2. The van der Waals surface area contributed by atoms with Gasteiger partial charge >= 0.3 is 0 Å². The van der Waals surface area contributed by atoms with Gasteiger partial charge in [0.1, 0.15) is 0 Å². The number of amides is 1. The molecule has 0 aromatic carbocycles. The van der Waals surface area contributed by atoms with E-state index in [2.05, 4.69) is 20.1 Å². The number of nitrogens with zero attached hydrogens (tertiary/aromatic N) is 4. The second-order valence-electron chi connectivity index (χ2n) is 7.71. The van der Waals surface area contributed by atoms with E-state index in [1.54, 1.807) is 7.05 Å². The largest absolute Gasteiger partial charge is 0.388 e. The second-order valence-corrected chi connectivity index (χ2v) is 7.71. The molecule has 2 heterocycles. The number of piperazine rings is 1. The number of aliphatic hydroxyl groups is 1. The first-order valence-corrected chi connectivity index (χ1v) is 9.73. The third kappa shape index (κ3) is 5.01. The van der Waals surface area contributed by atoms with Crippen molar-refractivity contribution in [1.29, 1.82) is 0 Å². The Bertz CT molecular complexity index is 498. The molecule has 150 valence electrons. The molecule has 1 unspecified atom stereocenters. The molecule has 7 nitrogen and oxygen atoms in total. The fraction of sp³-hybridized carbons (Fsp3) is 0.889. The predicted molar refractivity (Wildman–Crippen MR) is 114 cm³/mol. The van der Waals surface area contributed by atoms with Crippen molar-refractivity contribution in [3.05, 3.63) is 0 Å². The minimum atomic E-state index is -0.547. The number of guanidine groups is 1. The maximum absolute atomic E-state index is 12.6. The van der Waals surface area contributed by atoms with Crippen LogP contribution in [0.1, 0.15) is 39.0 Å². The van der Waals surface area contributed by atoms with Crippen LogP contribution in [0.4, 0.5) is 0 Å². The second kappa shape index (κ2) is 9.54. The molecule has 1 aliphatic carbocycles. The Labute approximate surface area is 174 Å². The van der Waals surface area contributed by atoms with Crippen molar-refractivity contribution in [3.63, 3.8) is 0 Å². The first-order chi connectivity index (χ1) is 12.0. The van der Waals surface area contributed by atoms with Crippen LogP contribution in [0.15, 0.2) is 4.99 Å². The summed E-state index contributed by atoms with van der Waals surface area (Å²) in [6.07, 6.45) is 5.14. The number of nitrogens with one attached hydrogen (secondary N) is 1. The van der Waals surface area contributed by atoms with Crippen molar-refractivity contribution >= 4 is 35.8 Å². The molecule has 1 atom stereocenters. The Balaban J connectivity index is 0.00000243. The number of hydrogen-bond acceptors (Lipinski definition) is 4. The van der Waals surface area contributed by atoms with Gasteiger partial charge in [0.25, 0.3) is 0 Å². The van der Waals surface area contributed by atoms with E-state index in [0.717, 1.165) is 77.3 Å². The van der Waals surface area contributed by atoms with Gasteiger partial charge < -0.3 is 20.2 Å². The van der Waals surface area contributed by atoms with E-state index in [1.807, 2.05) is 11.8 Å². The Morgan fingerprint density at radius 1 is 1.08 bits per heavy atom. The van der Waals surface area contributed by atoms with Crippen LogP contribution >= 0.6 is 24.0 Å². The van der Waals surface area contributed by atoms with Crippen LogP contribution in [0.2, 0.25) is 0 Å². The van der Waals surface area contributed by atoms with E-state index in [-0.39, 0.29) is 35.9 Å². The highest BCUT2D eigenvalue weighted by atomic mass is 127. The van der Waals surface area contributed by atoms with Gasteiger partial charge in [-0.1, -0.05) is 0 Å². The molecule has 8 heteroatoms. The normalized spacial score (nSPS) is 24.7. The van der Waals surface area contributed by atoms with Crippen molar-refractivity contribution in [2.75, 3.05) is 52.9 Å². The zero-order valence-corrected chi connectivity index (χ0v) is 18.4. The summed E-state index contributed by atoms with van der Waals surface area (Å²) < 4.78 is 0. The molecule has 26 heavy (non-hydrogen) atoms. The molecular weight excluding hydrogens is 445 g/mol. The standard InChI is InChI=1S/C18H33N5O2.HI/c1-15(16(24)22-8-3-4-9-22)21-10-12-23(13-11-21)17(19-2)20-14-18(25)6-5-7-18;/h15,25H,3-14H2,1-2H3,(H,19,20);1H. The zero-order chi connectivity index (χ0) is 17.9. The summed E-state index contributed by atoms with van der Waals surface area (Å²) in [5.41, 5.74) is -0.547. The summed E-state index contributed by atoms with van der Waals surface area (Å²) >= 11 is 0. The van der Waals surface area contributed by atoms with Crippen LogP contribution in [0.25, 0.3) is 0 Å². The summed E-state index contributed by atoms with van der Waals surface area (Å²) in [4.78, 5) is 23.5. The predicted octanol–water partition coefficient (Wildman–Crippen LogP) is 0.723. The molecular formula is C18H34IN5O2. The van der Waals surface area contributed by atoms with Gasteiger partial charge in [0.05, 0.1) is 11.6 Å². The monoisotopic (exact) mass is 479 g/mol. The molecule has 0 spiro atoms. The van der Waals surface area contributed by atoms with E-state index in [0.29, 0.717) is 6.54 Å². The van der Waals surface area contributed by atoms with Crippen LogP contribution < -0.4 is 5.32 Å². The minimum Gasteiger partial charge on any atom is -0.388 e. The number of halogens is 1. The van der Waals surface area contributed by atoms with Gasteiger partial charge in [-0.25, -0.2) is 0 Å². The number of likely N-dealkylation sites (tertiary alicyclic amines) is 1.